The maximum atomic E-state index is 4.32. The Kier molecular flexibility index (Phi) is 3.89. The first kappa shape index (κ1) is 13.4. The third-order valence-electron chi connectivity index (χ3n) is 4.26. The van der Waals surface area contributed by atoms with Crippen LogP contribution in [0.1, 0.15) is 44.3 Å². The van der Waals surface area contributed by atoms with Crippen molar-refractivity contribution in [2.75, 3.05) is 7.05 Å². The molecule has 2 unspecified atom stereocenters. The normalized spacial score (nSPS) is 25.8. The van der Waals surface area contributed by atoms with Gasteiger partial charge in [0.25, 0.3) is 0 Å². The first-order valence-corrected chi connectivity index (χ1v) is 7.66. The zero-order valence-electron chi connectivity index (χ0n) is 12.4. The SMILES string of the molecule is CN=C(NCc1nnc2n1CCCCC2)NC1CC1C. The van der Waals surface area contributed by atoms with E-state index in [0.717, 1.165) is 36.5 Å². The first-order chi connectivity index (χ1) is 9.78. The monoisotopic (exact) mass is 276 g/mol. The van der Waals surface area contributed by atoms with Gasteiger partial charge in [-0.1, -0.05) is 13.3 Å². The Bertz CT molecular complexity index is 492. The van der Waals surface area contributed by atoms with Crippen LogP contribution < -0.4 is 10.6 Å². The third kappa shape index (κ3) is 2.94. The Morgan fingerprint density at radius 1 is 1.35 bits per heavy atom. The Labute approximate surface area is 120 Å². The molecular formula is C14H24N6. The van der Waals surface area contributed by atoms with E-state index >= 15 is 0 Å². The number of guanidine groups is 1. The van der Waals surface area contributed by atoms with Gasteiger partial charge in [0.05, 0.1) is 6.54 Å². The van der Waals surface area contributed by atoms with Crippen LogP contribution in [0.4, 0.5) is 0 Å². The van der Waals surface area contributed by atoms with Gasteiger partial charge in [0, 0.05) is 26.1 Å². The van der Waals surface area contributed by atoms with Gasteiger partial charge in [0.2, 0.25) is 0 Å². The van der Waals surface area contributed by atoms with E-state index < -0.39 is 0 Å². The summed E-state index contributed by atoms with van der Waals surface area (Å²) >= 11 is 0. The van der Waals surface area contributed by atoms with Crippen LogP contribution in [-0.4, -0.2) is 33.8 Å². The average Bonchev–Trinajstić information content (AvgIpc) is 3.10. The molecule has 1 aliphatic heterocycles. The summed E-state index contributed by atoms with van der Waals surface area (Å²) in [7, 11) is 1.81. The standard InChI is InChI=1S/C14H24N6/c1-10-8-11(10)17-14(15-2)16-9-13-19-18-12-6-4-3-5-7-20(12)13/h10-11H,3-9H2,1-2H3,(H2,15,16,17). The van der Waals surface area contributed by atoms with Crippen LogP contribution >= 0.6 is 0 Å². The molecule has 0 aromatic carbocycles. The molecule has 3 rings (SSSR count). The second-order valence-corrected chi connectivity index (χ2v) is 5.88. The molecule has 6 heteroatoms. The minimum absolute atomic E-state index is 0.580. The summed E-state index contributed by atoms with van der Waals surface area (Å²) < 4.78 is 2.27. The van der Waals surface area contributed by atoms with Crippen molar-refractivity contribution >= 4 is 5.96 Å². The summed E-state index contributed by atoms with van der Waals surface area (Å²) in [4.78, 5) is 4.27. The van der Waals surface area contributed by atoms with Gasteiger partial charge < -0.3 is 15.2 Å². The van der Waals surface area contributed by atoms with Crippen LogP contribution in [-0.2, 0) is 19.5 Å². The molecular weight excluding hydrogens is 252 g/mol. The van der Waals surface area contributed by atoms with E-state index in [0.29, 0.717) is 12.6 Å². The fourth-order valence-electron chi connectivity index (χ4n) is 2.73. The number of hydrogen-bond donors (Lipinski definition) is 2. The predicted octanol–water partition coefficient (Wildman–Crippen LogP) is 1.08. The molecule has 0 amide bonds. The number of hydrogen-bond acceptors (Lipinski definition) is 3. The largest absolute Gasteiger partial charge is 0.353 e. The van der Waals surface area contributed by atoms with Crippen LogP contribution in [0.5, 0.6) is 0 Å². The van der Waals surface area contributed by atoms with Crippen molar-refractivity contribution < 1.29 is 0 Å². The molecule has 2 heterocycles. The number of aromatic nitrogens is 3. The average molecular weight is 276 g/mol. The number of aryl methyl sites for hydroxylation is 1. The predicted molar refractivity (Wildman–Crippen MR) is 78.5 cm³/mol. The Morgan fingerprint density at radius 2 is 2.20 bits per heavy atom. The van der Waals surface area contributed by atoms with Gasteiger partial charge in [0.1, 0.15) is 5.82 Å². The van der Waals surface area contributed by atoms with E-state index in [-0.39, 0.29) is 0 Å². The van der Waals surface area contributed by atoms with Gasteiger partial charge in [0.15, 0.2) is 11.8 Å². The van der Waals surface area contributed by atoms with Crippen molar-refractivity contribution in [3.05, 3.63) is 11.6 Å². The zero-order valence-corrected chi connectivity index (χ0v) is 12.4. The molecule has 110 valence electrons. The molecule has 0 bridgehead atoms. The fourth-order valence-corrected chi connectivity index (χ4v) is 2.73. The molecule has 1 aromatic rings. The lowest BCUT2D eigenvalue weighted by molar-refractivity contribution is 0.596. The van der Waals surface area contributed by atoms with Crippen LogP contribution in [0.15, 0.2) is 4.99 Å². The lowest BCUT2D eigenvalue weighted by atomic mass is 10.2. The number of nitrogens with zero attached hydrogens (tertiary/aromatic N) is 4. The fraction of sp³-hybridized carbons (Fsp3) is 0.786. The number of aliphatic imine (C=N–C) groups is 1. The lowest BCUT2D eigenvalue weighted by Gasteiger charge is -2.12. The Balaban J connectivity index is 1.59. The maximum Gasteiger partial charge on any atom is 0.191 e. The summed E-state index contributed by atoms with van der Waals surface area (Å²) in [5.41, 5.74) is 0. The number of fused-ring (bicyclic) bond motifs is 1. The highest BCUT2D eigenvalue weighted by molar-refractivity contribution is 5.80. The molecule has 1 aliphatic carbocycles. The summed E-state index contributed by atoms with van der Waals surface area (Å²) in [6.45, 7) is 3.99. The highest BCUT2D eigenvalue weighted by atomic mass is 15.3. The minimum Gasteiger partial charge on any atom is -0.353 e. The molecule has 2 aliphatic rings. The number of nitrogens with one attached hydrogen (secondary N) is 2. The van der Waals surface area contributed by atoms with Crippen molar-refractivity contribution in [3.63, 3.8) is 0 Å². The Morgan fingerprint density at radius 3 is 2.95 bits per heavy atom. The maximum absolute atomic E-state index is 4.32. The summed E-state index contributed by atoms with van der Waals surface area (Å²) in [5, 5.41) is 15.4. The van der Waals surface area contributed by atoms with E-state index in [1.807, 2.05) is 7.05 Å². The quantitative estimate of drug-likeness (QED) is 0.640. The zero-order chi connectivity index (χ0) is 13.9. The molecule has 0 spiro atoms. The van der Waals surface area contributed by atoms with Gasteiger partial charge in [-0.15, -0.1) is 10.2 Å². The summed E-state index contributed by atoms with van der Waals surface area (Å²) in [6, 6.07) is 0.580. The van der Waals surface area contributed by atoms with Crippen LogP contribution in [0, 0.1) is 5.92 Å². The molecule has 1 aromatic heterocycles. The molecule has 2 atom stereocenters. The lowest BCUT2D eigenvalue weighted by Crippen LogP contribution is -2.39. The molecule has 1 saturated carbocycles. The van der Waals surface area contributed by atoms with Crippen LogP contribution in [0.25, 0.3) is 0 Å². The minimum atomic E-state index is 0.580. The van der Waals surface area contributed by atoms with Gasteiger partial charge >= 0.3 is 0 Å². The molecule has 6 nitrogen and oxygen atoms in total. The van der Waals surface area contributed by atoms with Crippen molar-refractivity contribution in [2.45, 2.75) is 58.2 Å². The molecule has 20 heavy (non-hydrogen) atoms. The van der Waals surface area contributed by atoms with Gasteiger partial charge in [-0.25, -0.2) is 0 Å². The van der Waals surface area contributed by atoms with Gasteiger partial charge in [-0.05, 0) is 25.2 Å². The van der Waals surface area contributed by atoms with E-state index in [1.54, 1.807) is 0 Å². The first-order valence-electron chi connectivity index (χ1n) is 7.66. The van der Waals surface area contributed by atoms with Crippen molar-refractivity contribution in [2.24, 2.45) is 10.9 Å². The Hall–Kier alpha value is -1.59. The van der Waals surface area contributed by atoms with Crippen molar-refractivity contribution in [1.82, 2.24) is 25.4 Å². The number of rotatable bonds is 3. The second kappa shape index (κ2) is 5.81. The van der Waals surface area contributed by atoms with Crippen molar-refractivity contribution in [1.29, 1.82) is 0 Å². The topological polar surface area (TPSA) is 67.1 Å². The molecule has 1 fully saturated rings. The second-order valence-electron chi connectivity index (χ2n) is 5.88. The van der Waals surface area contributed by atoms with Crippen LogP contribution in [0.2, 0.25) is 0 Å². The van der Waals surface area contributed by atoms with E-state index in [4.69, 9.17) is 0 Å². The smallest absolute Gasteiger partial charge is 0.191 e. The van der Waals surface area contributed by atoms with Gasteiger partial charge in [-0.3, -0.25) is 4.99 Å². The molecule has 0 radical (unpaired) electrons. The highest BCUT2D eigenvalue weighted by Crippen LogP contribution is 2.28. The molecule has 2 N–H and O–H groups in total. The van der Waals surface area contributed by atoms with E-state index in [9.17, 15) is 0 Å². The summed E-state index contributed by atoms with van der Waals surface area (Å²) in [6.07, 6.45) is 6.04. The molecule has 0 saturated heterocycles. The van der Waals surface area contributed by atoms with Gasteiger partial charge in [-0.2, -0.15) is 0 Å². The summed E-state index contributed by atoms with van der Waals surface area (Å²) in [5.74, 6) is 3.79. The van der Waals surface area contributed by atoms with Crippen molar-refractivity contribution in [3.8, 4) is 0 Å². The van der Waals surface area contributed by atoms with E-state index in [1.165, 1.54) is 25.7 Å². The third-order valence-corrected chi connectivity index (χ3v) is 4.26. The van der Waals surface area contributed by atoms with E-state index in [2.05, 4.69) is 37.3 Å². The van der Waals surface area contributed by atoms with Crippen LogP contribution in [0.3, 0.4) is 0 Å². The highest BCUT2D eigenvalue weighted by Gasteiger charge is 2.33.